The van der Waals surface area contributed by atoms with Crippen molar-refractivity contribution < 1.29 is 4.74 Å². The molecule has 15 heavy (non-hydrogen) atoms. The zero-order valence-electron chi connectivity index (χ0n) is 9.36. The van der Waals surface area contributed by atoms with E-state index < -0.39 is 0 Å². The van der Waals surface area contributed by atoms with Crippen molar-refractivity contribution in [1.82, 2.24) is 0 Å². The van der Waals surface area contributed by atoms with Crippen molar-refractivity contribution in [2.24, 2.45) is 5.73 Å². The average molecular weight is 206 g/mol. The van der Waals surface area contributed by atoms with Crippen LogP contribution in [0.25, 0.3) is 0 Å². The van der Waals surface area contributed by atoms with Crippen LogP contribution in [0.1, 0.15) is 17.9 Å². The quantitative estimate of drug-likeness (QED) is 0.816. The molecule has 0 bridgehead atoms. The molecule has 0 fully saturated rings. The van der Waals surface area contributed by atoms with Crippen LogP contribution >= 0.6 is 0 Å². The third-order valence-electron chi connectivity index (χ3n) is 3.09. The van der Waals surface area contributed by atoms with Gasteiger partial charge in [0.25, 0.3) is 0 Å². The van der Waals surface area contributed by atoms with Gasteiger partial charge in [-0.15, -0.1) is 0 Å². The second kappa shape index (κ2) is 4.11. The molecule has 0 amide bonds. The Hall–Kier alpha value is -1.22. The van der Waals surface area contributed by atoms with Crippen molar-refractivity contribution in [1.29, 1.82) is 0 Å². The molecule has 0 spiro atoms. The van der Waals surface area contributed by atoms with Gasteiger partial charge in [-0.1, -0.05) is 6.07 Å². The predicted molar refractivity (Wildman–Crippen MR) is 62.7 cm³/mol. The van der Waals surface area contributed by atoms with Crippen molar-refractivity contribution in [3.63, 3.8) is 0 Å². The number of ether oxygens (including phenoxy) is 1. The molecule has 1 aliphatic heterocycles. The van der Waals surface area contributed by atoms with E-state index in [1.54, 1.807) is 7.11 Å². The molecule has 3 nitrogen and oxygen atoms in total. The monoisotopic (exact) mass is 206 g/mol. The van der Waals surface area contributed by atoms with Gasteiger partial charge in [-0.2, -0.15) is 0 Å². The van der Waals surface area contributed by atoms with E-state index >= 15 is 0 Å². The van der Waals surface area contributed by atoms with Crippen molar-refractivity contribution in [2.75, 3.05) is 32.1 Å². The van der Waals surface area contributed by atoms with Crippen LogP contribution in [0.5, 0.6) is 5.75 Å². The minimum absolute atomic E-state index is 0.520. The lowest BCUT2D eigenvalue weighted by Gasteiger charge is -2.12. The molecule has 1 aromatic rings. The van der Waals surface area contributed by atoms with Gasteiger partial charge < -0.3 is 15.4 Å². The van der Waals surface area contributed by atoms with E-state index in [-0.39, 0.29) is 0 Å². The van der Waals surface area contributed by atoms with E-state index in [9.17, 15) is 0 Å². The number of likely N-dealkylation sites (N-methyl/N-ethyl adjacent to an activating group) is 1. The summed E-state index contributed by atoms with van der Waals surface area (Å²) in [5, 5.41) is 0. The molecule has 0 saturated heterocycles. The lowest BCUT2D eigenvalue weighted by atomic mass is 9.97. The number of nitrogens with two attached hydrogens (primary N) is 1. The predicted octanol–water partition coefficient (Wildman–Crippen LogP) is 1.58. The van der Waals surface area contributed by atoms with Crippen molar-refractivity contribution >= 4 is 5.69 Å². The first kappa shape index (κ1) is 10.3. The third kappa shape index (κ3) is 1.67. The molecule has 0 aliphatic carbocycles. The first-order chi connectivity index (χ1) is 7.27. The standard InChI is InChI=1S/C12H18N2O/c1-14-8-9(6-7-13)12-10(14)4-3-5-11(12)15-2/h3-5,9H,6-8,13H2,1-2H3. The summed E-state index contributed by atoms with van der Waals surface area (Å²) in [6, 6.07) is 6.22. The minimum Gasteiger partial charge on any atom is -0.496 e. The fraction of sp³-hybridized carbons (Fsp3) is 0.500. The van der Waals surface area contributed by atoms with Gasteiger partial charge in [0.2, 0.25) is 0 Å². The summed E-state index contributed by atoms with van der Waals surface area (Å²) in [6.07, 6.45) is 1.03. The van der Waals surface area contributed by atoms with Gasteiger partial charge in [0.15, 0.2) is 0 Å². The van der Waals surface area contributed by atoms with E-state index in [1.165, 1.54) is 11.3 Å². The SMILES string of the molecule is COc1cccc2c1C(CCN)CN2C. The van der Waals surface area contributed by atoms with E-state index in [0.717, 1.165) is 25.3 Å². The lowest BCUT2D eigenvalue weighted by molar-refractivity contribution is 0.407. The topological polar surface area (TPSA) is 38.5 Å². The van der Waals surface area contributed by atoms with Crippen LogP contribution in [0.3, 0.4) is 0 Å². The summed E-state index contributed by atoms with van der Waals surface area (Å²) in [6.45, 7) is 1.78. The van der Waals surface area contributed by atoms with Gasteiger partial charge in [-0.25, -0.2) is 0 Å². The molecular formula is C12H18N2O. The first-order valence-electron chi connectivity index (χ1n) is 5.36. The molecule has 0 saturated carbocycles. The van der Waals surface area contributed by atoms with Crippen LogP contribution in [0.4, 0.5) is 5.69 Å². The number of methoxy groups -OCH3 is 1. The molecule has 1 unspecified atom stereocenters. The third-order valence-corrected chi connectivity index (χ3v) is 3.09. The van der Waals surface area contributed by atoms with Gasteiger partial charge in [0.1, 0.15) is 5.75 Å². The highest BCUT2D eigenvalue weighted by Crippen LogP contribution is 2.42. The Morgan fingerprint density at radius 2 is 2.33 bits per heavy atom. The van der Waals surface area contributed by atoms with Gasteiger partial charge in [0, 0.05) is 30.8 Å². The van der Waals surface area contributed by atoms with E-state index in [4.69, 9.17) is 10.5 Å². The molecule has 3 heteroatoms. The molecule has 1 aromatic carbocycles. The van der Waals surface area contributed by atoms with Crippen molar-refractivity contribution in [3.05, 3.63) is 23.8 Å². The maximum atomic E-state index is 5.64. The van der Waals surface area contributed by atoms with Gasteiger partial charge >= 0.3 is 0 Å². The number of hydrogen-bond acceptors (Lipinski definition) is 3. The Balaban J connectivity index is 2.41. The molecule has 1 aliphatic rings. The Bertz CT molecular complexity index is 351. The Kier molecular flexibility index (Phi) is 2.82. The normalized spacial score (nSPS) is 19.1. The van der Waals surface area contributed by atoms with E-state index in [2.05, 4.69) is 18.0 Å². The molecule has 1 atom stereocenters. The van der Waals surface area contributed by atoms with Crippen LogP contribution in [0.2, 0.25) is 0 Å². The van der Waals surface area contributed by atoms with Crippen molar-refractivity contribution in [2.45, 2.75) is 12.3 Å². The maximum Gasteiger partial charge on any atom is 0.124 e. The van der Waals surface area contributed by atoms with Crippen LogP contribution in [-0.4, -0.2) is 27.2 Å². The summed E-state index contributed by atoms with van der Waals surface area (Å²) >= 11 is 0. The minimum atomic E-state index is 0.520. The largest absolute Gasteiger partial charge is 0.496 e. The number of benzene rings is 1. The number of fused-ring (bicyclic) bond motifs is 1. The van der Waals surface area contributed by atoms with E-state index in [0.29, 0.717) is 5.92 Å². The molecule has 2 rings (SSSR count). The second-order valence-corrected chi connectivity index (χ2v) is 4.05. The first-order valence-corrected chi connectivity index (χ1v) is 5.36. The maximum absolute atomic E-state index is 5.64. The van der Waals surface area contributed by atoms with E-state index in [1.807, 2.05) is 12.1 Å². The van der Waals surface area contributed by atoms with Gasteiger partial charge in [0.05, 0.1) is 7.11 Å². The average Bonchev–Trinajstić information content (AvgIpc) is 2.57. The highest BCUT2D eigenvalue weighted by molar-refractivity contribution is 5.64. The Labute approximate surface area is 90.8 Å². The summed E-state index contributed by atoms with van der Waals surface area (Å²) in [4.78, 5) is 2.28. The van der Waals surface area contributed by atoms with Gasteiger partial charge in [-0.3, -0.25) is 0 Å². The summed E-state index contributed by atoms with van der Waals surface area (Å²) in [7, 11) is 3.85. The molecular weight excluding hydrogens is 188 g/mol. The zero-order valence-corrected chi connectivity index (χ0v) is 9.36. The fourth-order valence-electron chi connectivity index (χ4n) is 2.41. The summed E-state index contributed by atoms with van der Waals surface area (Å²) in [5.41, 5.74) is 8.25. The summed E-state index contributed by atoms with van der Waals surface area (Å²) in [5.74, 6) is 1.52. The molecule has 2 N–H and O–H groups in total. The van der Waals surface area contributed by atoms with Crippen LogP contribution in [0.15, 0.2) is 18.2 Å². The molecule has 0 aromatic heterocycles. The van der Waals surface area contributed by atoms with Crippen LogP contribution < -0.4 is 15.4 Å². The highest BCUT2D eigenvalue weighted by Gasteiger charge is 2.28. The molecule has 1 heterocycles. The highest BCUT2D eigenvalue weighted by atomic mass is 16.5. The second-order valence-electron chi connectivity index (χ2n) is 4.05. The smallest absolute Gasteiger partial charge is 0.124 e. The molecule has 82 valence electrons. The molecule has 0 radical (unpaired) electrons. The zero-order chi connectivity index (χ0) is 10.8. The Morgan fingerprint density at radius 3 is 3.00 bits per heavy atom. The lowest BCUT2D eigenvalue weighted by Crippen LogP contribution is -2.17. The number of hydrogen-bond donors (Lipinski definition) is 1. The van der Waals surface area contributed by atoms with Crippen LogP contribution in [-0.2, 0) is 0 Å². The number of nitrogens with zero attached hydrogens (tertiary/aromatic N) is 1. The number of anilines is 1. The Morgan fingerprint density at radius 1 is 1.53 bits per heavy atom. The van der Waals surface area contributed by atoms with Crippen LogP contribution in [0, 0.1) is 0 Å². The summed E-state index contributed by atoms with van der Waals surface area (Å²) < 4.78 is 5.41. The van der Waals surface area contributed by atoms with Crippen molar-refractivity contribution in [3.8, 4) is 5.75 Å². The number of rotatable bonds is 3. The van der Waals surface area contributed by atoms with Gasteiger partial charge in [-0.05, 0) is 25.1 Å². The fourth-order valence-corrected chi connectivity index (χ4v) is 2.41.